The molecule has 1 N–H and O–H groups in total. The summed E-state index contributed by atoms with van der Waals surface area (Å²) in [7, 11) is 0. The van der Waals surface area contributed by atoms with Crippen LogP contribution in [0, 0.1) is 0 Å². The maximum absolute atomic E-state index is 12.1. The van der Waals surface area contributed by atoms with Crippen molar-refractivity contribution in [1.82, 2.24) is 4.98 Å². The van der Waals surface area contributed by atoms with Crippen molar-refractivity contribution in [3.8, 4) is 5.88 Å². The molecule has 82 valence electrons. The lowest BCUT2D eigenvalue weighted by atomic mass is 10.3. The molecule has 0 saturated heterocycles. The molecule has 0 spiro atoms. The highest BCUT2D eigenvalue weighted by Crippen LogP contribution is 2.28. The summed E-state index contributed by atoms with van der Waals surface area (Å²) in [5, 5.41) is 8.23. The molecule has 0 fully saturated rings. The number of carboxylic acids is 1. The van der Waals surface area contributed by atoms with E-state index in [1.807, 2.05) is 0 Å². The van der Waals surface area contributed by atoms with Crippen molar-refractivity contribution in [2.24, 2.45) is 0 Å². The molecule has 0 atom stereocenters. The van der Waals surface area contributed by atoms with Crippen LogP contribution in [0.1, 0.15) is 5.69 Å². The summed E-state index contributed by atoms with van der Waals surface area (Å²) in [5.74, 6) is -1.65. The summed E-state index contributed by atoms with van der Waals surface area (Å²) in [6.45, 7) is -0.728. The Labute approximate surface area is 82.3 Å². The fourth-order valence-corrected chi connectivity index (χ4v) is 0.789. The molecular formula is C8H6F3NO3. The van der Waals surface area contributed by atoms with Crippen molar-refractivity contribution in [2.45, 2.75) is 6.18 Å². The fraction of sp³-hybridized carbons (Fsp3) is 0.250. The minimum Gasteiger partial charge on any atom is -0.479 e. The first kappa shape index (κ1) is 11.3. The highest BCUT2D eigenvalue weighted by atomic mass is 19.4. The lowest BCUT2D eigenvalue weighted by Crippen LogP contribution is -2.12. The van der Waals surface area contributed by atoms with Gasteiger partial charge >= 0.3 is 12.1 Å². The second kappa shape index (κ2) is 4.16. The van der Waals surface area contributed by atoms with Gasteiger partial charge in [0.15, 0.2) is 6.61 Å². The maximum atomic E-state index is 12.1. The van der Waals surface area contributed by atoms with Crippen LogP contribution < -0.4 is 4.74 Å². The van der Waals surface area contributed by atoms with Gasteiger partial charge in [-0.2, -0.15) is 13.2 Å². The molecule has 1 aromatic heterocycles. The summed E-state index contributed by atoms with van der Waals surface area (Å²) in [6, 6.07) is 3.01. The first-order chi connectivity index (χ1) is 6.89. The van der Waals surface area contributed by atoms with Crippen LogP contribution in [0.25, 0.3) is 0 Å². The van der Waals surface area contributed by atoms with E-state index >= 15 is 0 Å². The zero-order valence-corrected chi connectivity index (χ0v) is 7.28. The van der Waals surface area contributed by atoms with E-state index < -0.39 is 24.4 Å². The number of hydrogen-bond acceptors (Lipinski definition) is 3. The van der Waals surface area contributed by atoms with Crippen molar-refractivity contribution in [1.29, 1.82) is 0 Å². The fourth-order valence-electron chi connectivity index (χ4n) is 0.789. The van der Waals surface area contributed by atoms with Crippen molar-refractivity contribution >= 4 is 5.97 Å². The largest absolute Gasteiger partial charge is 0.479 e. The van der Waals surface area contributed by atoms with Crippen LogP contribution in [-0.4, -0.2) is 22.7 Å². The molecule has 0 amide bonds. The van der Waals surface area contributed by atoms with E-state index in [1.54, 1.807) is 0 Å². The summed E-state index contributed by atoms with van der Waals surface area (Å²) in [4.78, 5) is 13.2. The normalized spacial score (nSPS) is 11.1. The molecule has 0 bridgehead atoms. The van der Waals surface area contributed by atoms with Crippen molar-refractivity contribution in [3.63, 3.8) is 0 Å². The number of aromatic nitrogens is 1. The van der Waals surface area contributed by atoms with E-state index in [0.29, 0.717) is 0 Å². The topological polar surface area (TPSA) is 59.4 Å². The third-order valence-corrected chi connectivity index (χ3v) is 1.36. The molecule has 1 aromatic rings. The average molecular weight is 221 g/mol. The van der Waals surface area contributed by atoms with E-state index in [-0.39, 0.29) is 5.88 Å². The predicted octanol–water partition coefficient (Wildman–Crippen LogP) is 1.56. The third kappa shape index (κ3) is 3.45. The van der Waals surface area contributed by atoms with Gasteiger partial charge in [-0.05, 0) is 6.07 Å². The SMILES string of the molecule is O=C(O)COc1cccc(C(F)(F)F)n1. The van der Waals surface area contributed by atoms with Gasteiger partial charge in [0.2, 0.25) is 5.88 Å². The van der Waals surface area contributed by atoms with Crippen LogP contribution in [0.5, 0.6) is 5.88 Å². The molecule has 0 radical (unpaired) electrons. The van der Waals surface area contributed by atoms with Gasteiger partial charge in [0, 0.05) is 6.07 Å². The van der Waals surface area contributed by atoms with Crippen LogP contribution in [0.4, 0.5) is 13.2 Å². The molecule has 7 heteroatoms. The van der Waals surface area contributed by atoms with Crippen LogP contribution in [-0.2, 0) is 11.0 Å². The lowest BCUT2D eigenvalue weighted by Gasteiger charge is -2.07. The smallest absolute Gasteiger partial charge is 0.433 e. The molecule has 1 rings (SSSR count). The van der Waals surface area contributed by atoms with Gasteiger partial charge in [-0.25, -0.2) is 9.78 Å². The first-order valence-corrected chi connectivity index (χ1v) is 3.78. The third-order valence-electron chi connectivity index (χ3n) is 1.36. The molecule has 0 aliphatic carbocycles. The van der Waals surface area contributed by atoms with Gasteiger partial charge in [0.25, 0.3) is 0 Å². The number of carboxylic acid groups (broad SMARTS) is 1. The van der Waals surface area contributed by atoms with Gasteiger partial charge < -0.3 is 9.84 Å². The molecule has 0 aliphatic heterocycles. The highest BCUT2D eigenvalue weighted by Gasteiger charge is 2.32. The molecule has 0 aliphatic rings. The Morgan fingerprint density at radius 3 is 2.67 bits per heavy atom. The number of aliphatic carboxylic acids is 1. The number of ether oxygens (including phenoxy) is 1. The number of pyridine rings is 1. The van der Waals surface area contributed by atoms with Gasteiger partial charge in [-0.3, -0.25) is 0 Å². The Morgan fingerprint density at radius 1 is 1.47 bits per heavy atom. The van der Waals surface area contributed by atoms with E-state index in [0.717, 1.165) is 18.2 Å². The second-order valence-corrected chi connectivity index (χ2v) is 2.54. The molecule has 0 saturated carbocycles. The van der Waals surface area contributed by atoms with Crippen molar-refractivity contribution in [2.75, 3.05) is 6.61 Å². The molecule has 1 heterocycles. The monoisotopic (exact) mass is 221 g/mol. The van der Waals surface area contributed by atoms with E-state index in [4.69, 9.17) is 5.11 Å². The average Bonchev–Trinajstić information content (AvgIpc) is 2.14. The van der Waals surface area contributed by atoms with E-state index in [9.17, 15) is 18.0 Å². The second-order valence-electron chi connectivity index (χ2n) is 2.54. The zero-order valence-electron chi connectivity index (χ0n) is 7.28. The quantitative estimate of drug-likeness (QED) is 0.841. The number of nitrogens with zero attached hydrogens (tertiary/aromatic N) is 1. The Balaban J connectivity index is 2.79. The maximum Gasteiger partial charge on any atom is 0.433 e. The summed E-state index contributed by atoms with van der Waals surface area (Å²) >= 11 is 0. The lowest BCUT2D eigenvalue weighted by molar-refractivity contribution is -0.141. The van der Waals surface area contributed by atoms with Crippen LogP contribution in [0.15, 0.2) is 18.2 Å². The van der Waals surface area contributed by atoms with Crippen LogP contribution >= 0.6 is 0 Å². The molecule has 0 aromatic carbocycles. The van der Waals surface area contributed by atoms with Gasteiger partial charge in [-0.1, -0.05) is 6.07 Å². The van der Waals surface area contributed by atoms with Crippen LogP contribution in [0.3, 0.4) is 0 Å². The van der Waals surface area contributed by atoms with Crippen molar-refractivity contribution < 1.29 is 27.8 Å². The Bertz CT molecular complexity index is 364. The molecule has 15 heavy (non-hydrogen) atoms. The van der Waals surface area contributed by atoms with Crippen molar-refractivity contribution in [3.05, 3.63) is 23.9 Å². The molecular weight excluding hydrogens is 215 g/mol. The predicted molar refractivity (Wildman–Crippen MR) is 42.4 cm³/mol. The highest BCUT2D eigenvalue weighted by molar-refractivity contribution is 5.68. The van der Waals surface area contributed by atoms with Crippen LogP contribution in [0.2, 0.25) is 0 Å². The zero-order chi connectivity index (χ0) is 11.5. The first-order valence-electron chi connectivity index (χ1n) is 3.78. The molecule has 4 nitrogen and oxygen atoms in total. The summed E-state index contributed by atoms with van der Waals surface area (Å²) in [6.07, 6.45) is -4.57. The minimum absolute atomic E-state index is 0.368. The number of halogens is 3. The minimum atomic E-state index is -4.57. The number of rotatable bonds is 3. The summed E-state index contributed by atoms with van der Waals surface area (Å²) in [5.41, 5.74) is -1.12. The van der Waals surface area contributed by atoms with E-state index in [1.165, 1.54) is 0 Å². The van der Waals surface area contributed by atoms with E-state index in [2.05, 4.69) is 9.72 Å². The number of hydrogen-bond donors (Lipinski definition) is 1. The Hall–Kier alpha value is -1.79. The number of alkyl halides is 3. The number of carbonyl (C=O) groups is 1. The molecule has 0 unspecified atom stereocenters. The standard InChI is InChI=1S/C8H6F3NO3/c9-8(10,11)5-2-1-3-6(12-5)15-4-7(13)14/h1-3H,4H2,(H,13,14). The van der Waals surface area contributed by atoms with Gasteiger partial charge in [0.1, 0.15) is 5.69 Å². The van der Waals surface area contributed by atoms with Gasteiger partial charge in [-0.15, -0.1) is 0 Å². The van der Waals surface area contributed by atoms with Gasteiger partial charge in [0.05, 0.1) is 0 Å². The Kier molecular flexibility index (Phi) is 3.13. The summed E-state index contributed by atoms with van der Waals surface area (Å²) < 4.78 is 40.9. The Morgan fingerprint density at radius 2 is 2.13 bits per heavy atom.